The van der Waals surface area contributed by atoms with Crippen LogP contribution in [-0.2, 0) is 0 Å². The maximum Gasteiger partial charge on any atom is 0.119 e. The minimum Gasteiger partial charge on any atom is -0.497 e. The first-order valence-corrected chi connectivity index (χ1v) is 5.10. The molecule has 0 aromatic heterocycles. The normalized spacial score (nSPS) is 14.7. The first-order valence-electron chi connectivity index (χ1n) is 5.10. The van der Waals surface area contributed by atoms with Gasteiger partial charge < -0.3 is 14.9 Å². The Labute approximate surface area is 90.3 Å². The molecule has 0 bridgehead atoms. The average molecular weight is 210 g/mol. The molecular weight excluding hydrogens is 192 g/mol. The van der Waals surface area contributed by atoms with Crippen molar-refractivity contribution in [2.75, 3.05) is 13.7 Å². The summed E-state index contributed by atoms with van der Waals surface area (Å²) in [5, 5.41) is 18.1. The van der Waals surface area contributed by atoms with Crippen molar-refractivity contribution in [3.63, 3.8) is 0 Å². The van der Waals surface area contributed by atoms with Gasteiger partial charge in [-0.3, -0.25) is 0 Å². The zero-order valence-corrected chi connectivity index (χ0v) is 9.18. The van der Waals surface area contributed by atoms with Crippen molar-refractivity contribution in [2.45, 2.75) is 25.4 Å². The molecule has 0 aliphatic rings. The molecule has 0 heterocycles. The van der Waals surface area contributed by atoms with Gasteiger partial charge in [-0.05, 0) is 30.0 Å². The largest absolute Gasteiger partial charge is 0.497 e. The predicted octanol–water partition coefficient (Wildman–Crippen LogP) is 1.54. The van der Waals surface area contributed by atoms with Gasteiger partial charge >= 0.3 is 0 Å². The van der Waals surface area contributed by atoms with Crippen LogP contribution in [0, 0.1) is 0 Å². The fraction of sp³-hybridized carbons (Fsp3) is 0.500. The van der Waals surface area contributed by atoms with Crippen LogP contribution in [0.3, 0.4) is 0 Å². The highest BCUT2D eigenvalue weighted by Gasteiger charge is 2.11. The quantitative estimate of drug-likeness (QED) is 0.775. The third-order valence-electron chi connectivity index (χ3n) is 2.50. The Morgan fingerprint density at radius 3 is 2.73 bits per heavy atom. The third-order valence-corrected chi connectivity index (χ3v) is 2.50. The first kappa shape index (κ1) is 12.0. The fourth-order valence-corrected chi connectivity index (χ4v) is 1.57. The van der Waals surface area contributed by atoms with Crippen molar-refractivity contribution in [1.82, 2.24) is 0 Å². The van der Waals surface area contributed by atoms with Gasteiger partial charge in [-0.15, -0.1) is 0 Å². The lowest BCUT2D eigenvalue weighted by Gasteiger charge is -2.15. The van der Waals surface area contributed by atoms with Gasteiger partial charge in [-0.2, -0.15) is 0 Å². The number of ether oxygens (including phenoxy) is 1. The molecule has 1 rings (SSSR count). The smallest absolute Gasteiger partial charge is 0.119 e. The number of methoxy groups -OCH3 is 1. The van der Waals surface area contributed by atoms with E-state index in [1.165, 1.54) is 0 Å². The maximum atomic E-state index is 9.33. The zero-order chi connectivity index (χ0) is 11.3. The summed E-state index contributed by atoms with van der Waals surface area (Å²) in [6.45, 7) is 1.84. The minimum absolute atomic E-state index is 0.186. The van der Waals surface area contributed by atoms with E-state index >= 15 is 0 Å². The second kappa shape index (κ2) is 5.73. The molecule has 0 fully saturated rings. The summed E-state index contributed by atoms with van der Waals surface area (Å²) >= 11 is 0. The Bertz CT molecular complexity index is 299. The molecule has 2 atom stereocenters. The molecule has 0 saturated heterocycles. The van der Waals surface area contributed by atoms with Crippen LogP contribution in [0.4, 0.5) is 0 Å². The first-order chi connectivity index (χ1) is 7.17. The topological polar surface area (TPSA) is 49.7 Å². The number of rotatable bonds is 5. The second-order valence-corrected chi connectivity index (χ2v) is 3.75. The van der Waals surface area contributed by atoms with Crippen LogP contribution in [0.15, 0.2) is 24.3 Å². The van der Waals surface area contributed by atoms with Gasteiger partial charge in [0.25, 0.3) is 0 Å². The molecule has 3 heteroatoms. The Morgan fingerprint density at radius 2 is 2.13 bits per heavy atom. The summed E-state index contributed by atoms with van der Waals surface area (Å²) in [4.78, 5) is 0. The van der Waals surface area contributed by atoms with E-state index in [0.29, 0.717) is 6.42 Å². The van der Waals surface area contributed by atoms with E-state index < -0.39 is 6.10 Å². The van der Waals surface area contributed by atoms with Crippen molar-refractivity contribution >= 4 is 0 Å². The van der Waals surface area contributed by atoms with E-state index in [9.17, 15) is 5.11 Å². The molecule has 0 amide bonds. The highest BCUT2D eigenvalue weighted by Crippen LogP contribution is 2.24. The van der Waals surface area contributed by atoms with Crippen molar-refractivity contribution in [3.8, 4) is 5.75 Å². The van der Waals surface area contributed by atoms with Gasteiger partial charge in [-0.1, -0.05) is 19.1 Å². The lowest BCUT2D eigenvalue weighted by molar-refractivity contribution is 0.0835. The lowest BCUT2D eigenvalue weighted by Crippen LogP contribution is -2.14. The van der Waals surface area contributed by atoms with Gasteiger partial charge in [0.1, 0.15) is 5.75 Å². The maximum absolute atomic E-state index is 9.33. The Kier molecular flexibility index (Phi) is 4.59. The molecule has 84 valence electrons. The standard InChI is InChI=1S/C12H18O3/c1-9(6-11(14)8-13)10-4-3-5-12(7-10)15-2/h3-5,7,9,11,13-14H,6,8H2,1-2H3. The third kappa shape index (κ3) is 3.53. The number of benzene rings is 1. The molecule has 0 spiro atoms. The molecule has 3 nitrogen and oxygen atoms in total. The van der Waals surface area contributed by atoms with E-state index in [4.69, 9.17) is 9.84 Å². The lowest BCUT2D eigenvalue weighted by atomic mass is 9.95. The summed E-state index contributed by atoms with van der Waals surface area (Å²) < 4.78 is 5.12. The predicted molar refractivity (Wildman–Crippen MR) is 59.1 cm³/mol. The van der Waals surface area contributed by atoms with Crippen LogP contribution in [0.1, 0.15) is 24.8 Å². The van der Waals surface area contributed by atoms with Gasteiger partial charge in [0.05, 0.1) is 19.8 Å². The molecule has 15 heavy (non-hydrogen) atoms. The number of hydrogen-bond acceptors (Lipinski definition) is 3. The Morgan fingerprint density at radius 1 is 1.40 bits per heavy atom. The van der Waals surface area contributed by atoms with E-state index in [0.717, 1.165) is 11.3 Å². The molecule has 1 aromatic rings. The highest BCUT2D eigenvalue weighted by molar-refractivity contribution is 5.30. The average Bonchev–Trinajstić information content (AvgIpc) is 2.28. The van der Waals surface area contributed by atoms with Crippen LogP contribution < -0.4 is 4.74 Å². The summed E-state index contributed by atoms with van der Waals surface area (Å²) in [5.74, 6) is 1.03. The van der Waals surface area contributed by atoms with E-state index in [1.54, 1.807) is 7.11 Å². The molecule has 0 radical (unpaired) electrons. The van der Waals surface area contributed by atoms with Gasteiger partial charge in [0, 0.05) is 0 Å². The number of aliphatic hydroxyl groups is 2. The summed E-state index contributed by atoms with van der Waals surface area (Å²) in [6, 6.07) is 7.76. The molecular formula is C12H18O3. The van der Waals surface area contributed by atoms with Gasteiger partial charge in [0.15, 0.2) is 0 Å². The Hall–Kier alpha value is -1.06. The molecule has 0 saturated carbocycles. The van der Waals surface area contributed by atoms with Crippen LogP contribution in [-0.4, -0.2) is 30.0 Å². The number of aliphatic hydroxyl groups excluding tert-OH is 2. The molecule has 1 aromatic carbocycles. The summed E-state index contributed by atoms with van der Waals surface area (Å²) in [7, 11) is 1.63. The SMILES string of the molecule is COc1cccc(C(C)CC(O)CO)c1. The van der Waals surface area contributed by atoms with Crippen LogP contribution in [0.5, 0.6) is 5.75 Å². The monoisotopic (exact) mass is 210 g/mol. The van der Waals surface area contributed by atoms with Crippen molar-refractivity contribution in [1.29, 1.82) is 0 Å². The summed E-state index contributed by atoms with van der Waals surface area (Å²) in [5.41, 5.74) is 1.11. The van der Waals surface area contributed by atoms with Crippen LogP contribution >= 0.6 is 0 Å². The fourth-order valence-electron chi connectivity index (χ4n) is 1.57. The minimum atomic E-state index is -0.647. The molecule has 2 unspecified atom stereocenters. The molecule has 0 aliphatic carbocycles. The second-order valence-electron chi connectivity index (χ2n) is 3.75. The zero-order valence-electron chi connectivity index (χ0n) is 9.18. The highest BCUT2D eigenvalue weighted by atomic mass is 16.5. The van der Waals surface area contributed by atoms with E-state index in [1.807, 2.05) is 31.2 Å². The van der Waals surface area contributed by atoms with Gasteiger partial charge in [-0.25, -0.2) is 0 Å². The van der Waals surface area contributed by atoms with Gasteiger partial charge in [0.2, 0.25) is 0 Å². The van der Waals surface area contributed by atoms with Crippen LogP contribution in [0.25, 0.3) is 0 Å². The Balaban J connectivity index is 2.68. The molecule has 0 aliphatic heterocycles. The number of hydrogen-bond donors (Lipinski definition) is 2. The van der Waals surface area contributed by atoms with Crippen molar-refractivity contribution in [3.05, 3.63) is 29.8 Å². The molecule has 2 N–H and O–H groups in total. The van der Waals surface area contributed by atoms with E-state index in [-0.39, 0.29) is 12.5 Å². The van der Waals surface area contributed by atoms with Crippen molar-refractivity contribution in [2.24, 2.45) is 0 Å². The van der Waals surface area contributed by atoms with Crippen molar-refractivity contribution < 1.29 is 14.9 Å². The summed E-state index contributed by atoms with van der Waals surface area (Å²) in [6.07, 6.45) is -0.0878. The van der Waals surface area contributed by atoms with E-state index in [2.05, 4.69) is 0 Å². The van der Waals surface area contributed by atoms with Crippen LogP contribution in [0.2, 0.25) is 0 Å².